The Morgan fingerprint density at radius 1 is 1.57 bits per heavy atom. The smallest absolute Gasteiger partial charge is 0.143 e. The van der Waals surface area contributed by atoms with Crippen LogP contribution in [0, 0.1) is 5.82 Å². The van der Waals surface area contributed by atoms with Gasteiger partial charge < -0.3 is 9.53 Å². The summed E-state index contributed by atoms with van der Waals surface area (Å²) in [5, 5.41) is 0.356. The molecule has 2 nitrogen and oxygen atoms in total. The number of hydrogen-bond acceptors (Lipinski definition) is 2. The van der Waals surface area contributed by atoms with Crippen LogP contribution in [0.5, 0.6) is 5.75 Å². The lowest BCUT2D eigenvalue weighted by Gasteiger charge is -2.09. The van der Waals surface area contributed by atoms with E-state index in [2.05, 4.69) is 0 Å². The highest BCUT2D eigenvalue weighted by Gasteiger charge is 2.12. The maximum atomic E-state index is 13.3. The SMILES string of the molecule is COc1c(Cl)ccc(F)c1CCC=O. The number of hydrogen-bond donors (Lipinski definition) is 0. The molecule has 0 aliphatic rings. The average molecular weight is 217 g/mol. The van der Waals surface area contributed by atoms with Gasteiger partial charge in [-0.1, -0.05) is 11.6 Å². The van der Waals surface area contributed by atoms with Crippen molar-refractivity contribution in [2.24, 2.45) is 0 Å². The van der Waals surface area contributed by atoms with Crippen LogP contribution in [0.15, 0.2) is 12.1 Å². The highest BCUT2D eigenvalue weighted by atomic mass is 35.5. The Morgan fingerprint density at radius 2 is 2.29 bits per heavy atom. The summed E-state index contributed by atoms with van der Waals surface area (Å²) in [5.74, 6) is -0.0818. The topological polar surface area (TPSA) is 26.3 Å². The van der Waals surface area contributed by atoms with Crippen molar-refractivity contribution in [2.75, 3.05) is 7.11 Å². The third kappa shape index (κ3) is 2.23. The highest BCUT2D eigenvalue weighted by molar-refractivity contribution is 6.32. The summed E-state index contributed by atoms with van der Waals surface area (Å²) in [5.41, 5.74) is 0.354. The molecule has 0 radical (unpaired) electrons. The summed E-state index contributed by atoms with van der Waals surface area (Å²) in [6.45, 7) is 0. The normalized spacial score (nSPS) is 9.93. The van der Waals surface area contributed by atoms with Crippen LogP contribution < -0.4 is 4.74 Å². The third-order valence-electron chi connectivity index (χ3n) is 1.87. The zero-order valence-corrected chi connectivity index (χ0v) is 8.47. The van der Waals surface area contributed by atoms with Gasteiger partial charge in [0, 0.05) is 12.0 Å². The van der Waals surface area contributed by atoms with Crippen molar-refractivity contribution in [1.29, 1.82) is 0 Å². The lowest BCUT2D eigenvalue weighted by atomic mass is 10.1. The van der Waals surface area contributed by atoms with E-state index in [9.17, 15) is 9.18 Å². The van der Waals surface area contributed by atoms with Gasteiger partial charge in [-0.25, -0.2) is 4.39 Å². The average Bonchev–Trinajstić information content (AvgIpc) is 2.19. The fourth-order valence-electron chi connectivity index (χ4n) is 1.23. The van der Waals surface area contributed by atoms with E-state index in [0.717, 1.165) is 6.29 Å². The van der Waals surface area contributed by atoms with Crippen LogP contribution >= 0.6 is 11.6 Å². The maximum absolute atomic E-state index is 13.3. The molecule has 0 aliphatic carbocycles. The summed E-state index contributed by atoms with van der Waals surface area (Å²) in [7, 11) is 1.42. The minimum absolute atomic E-state index is 0.258. The van der Waals surface area contributed by atoms with E-state index >= 15 is 0 Å². The molecule has 0 heterocycles. The number of carbonyl (C=O) groups excluding carboxylic acids is 1. The van der Waals surface area contributed by atoms with E-state index in [1.165, 1.54) is 19.2 Å². The highest BCUT2D eigenvalue weighted by Crippen LogP contribution is 2.31. The van der Waals surface area contributed by atoms with Gasteiger partial charge in [0.1, 0.15) is 17.9 Å². The van der Waals surface area contributed by atoms with Crippen molar-refractivity contribution in [3.63, 3.8) is 0 Å². The predicted octanol–water partition coefficient (Wildman–Crippen LogP) is 2.62. The third-order valence-corrected chi connectivity index (χ3v) is 2.17. The molecular formula is C10H10ClFO2. The molecule has 0 unspecified atom stereocenters. The molecule has 0 amide bonds. The summed E-state index contributed by atoms with van der Waals surface area (Å²) in [4.78, 5) is 10.2. The van der Waals surface area contributed by atoms with Crippen molar-refractivity contribution in [3.05, 3.63) is 28.5 Å². The van der Waals surface area contributed by atoms with Gasteiger partial charge >= 0.3 is 0 Å². The number of rotatable bonds is 4. The Bertz CT molecular complexity index is 339. The summed E-state index contributed by atoms with van der Waals surface area (Å²) in [6.07, 6.45) is 1.30. The molecule has 4 heteroatoms. The standard InChI is InChI=1S/C10H10ClFO2/c1-14-10-7(3-2-6-13)9(12)5-4-8(10)11/h4-6H,2-3H2,1H3. The summed E-state index contributed by atoms with van der Waals surface area (Å²) in [6, 6.07) is 2.70. The second kappa shape index (κ2) is 4.96. The molecule has 14 heavy (non-hydrogen) atoms. The van der Waals surface area contributed by atoms with Gasteiger partial charge in [-0.3, -0.25) is 0 Å². The molecule has 0 saturated heterocycles. The predicted molar refractivity (Wildman–Crippen MR) is 52.3 cm³/mol. The Kier molecular flexibility index (Phi) is 3.89. The molecule has 1 rings (SSSR count). The Balaban J connectivity index is 3.08. The second-order valence-corrected chi connectivity index (χ2v) is 3.15. The molecule has 0 fully saturated rings. The van der Waals surface area contributed by atoms with Crippen LogP contribution in [0.1, 0.15) is 12.0 Å². The van der Waals surface area contributed by atoms with E-state index in [1.807, 2.05) is 0 Å². The molecule has 1 aromatic carbocycles. The van der Waals surface area contributed by atoms with Crippen molar-refractivity contribution in [2.45, 2.75) is 12.8 Å². The van der Waals surface area contributed by atoms with E-state index in [0.29, 0.717) is 22.8 Å². The fraction of sp³-hybridized carbons (Fsp3) is 0.300. The van der Waals surface area contributed by atoms with Gasteiger partial charge in [-0.15, -0.1) is 0 Å². The Hall–Kier alpha value is -1.09. The van der Waals surface area contributed by atoms with Crippen LogP contribution in [0.4, 0.5) is 4.39 Å². The second-order valence-electron chi connectivity index (χ2n) is 2.75. The maximum Gasteiger partial charge on any atom is 0.143 e. The lowest BCUT2D eigenvalue weighted by Crippen LogP contribution is -1.97. The molecule has 1 aromatic rings. The zero-order valence-electron chi connectivity index (χ0n) is 7.72. The van der Waals surface area contributed by atoms with Crippen LogP contribution in [0.3, 0.4) is 0 Å². The van der Waals surface area contributed by atoms with E-state index in [-0.39, 0.29) is 6.42 Å². The Morgan fingerprint density at radius 3 is 2.86 bits per heavy atom. The molecule has 0 bridgehead atoms. The van der Waals surface area contributed by atoms with E-state index < -0.39 is 5.82 Å². The number of aldehydes is 1. The van der Waals surface area contributed by atoms with E-state index in [4.69, 9.17) is 16.3 Å². The first-order chi connectivity index (χ1) is 6.70. The van der Waals surface area contributed by atoms with Gasteiger partial charge in [0.25, 0.3) is 0 Å². The number of carbonyl (C=O) groups is 1. The molecule has 0 aromatic heterocycles. The molecule has 0 N–H and O–H groups in total. The van der Waals surface area contributed by atoms with Gasteiger partial charge in [-0.2, -0.15) is 0 Å². The molecule has 0 aliphatic heterocycles. The van der Waals surface area contributed by atoms with Crippen LogP contribution in [-0.4, -0.2) is 13.4 Å². The van der Waals surface area contributed by atoms with Crippen LogP contribution in [0.2, 0.25) is 5.02 Å². The lowest BCUT2D eigenvalue weighted by molar-refractivity contribution is -0.107. The largest absolute Gasteiger partial charge is 0.495 e. The molecule has 76 valence electrons. The van der Waals surface area contributed by atoms with Gasteiger partial charge in [0.2, 0.25) is 0 Å². The van der Waals surface area contributed by atoms with Crippen molar-refractivity contribution >= 4 is 17.9 Å². The number of halogens is 2. The van der Waals surface area contributed by atoms with Crippen LogP contribution in [-0.2, 0) is 11.2 Å². The van der Waals surface area contributed by atoms with E-state index in [1.54, 1.807) is 0 Å². The molecule has 0 spiro atoms. The number of methoxy groups -OCH3 is 1. The summed E-state index contributed by atoms with van der Waals surface area (Å²) >= 11 is 5.80. The summed E-state index contributed by atoms with van der Waals surface area (Å²) < 4.78 is 18.3. The first-order valence-electron chi connectivity index (χ1n) is 4.15. The van der Waals surface area contributed by atoms with Crippen LogP contribution in [0.25, 0.3) is 0 Å². The molecular weight excluding hydrogens is 207 g/mol. The minimum atomic E-state index is -0.395. The quantitative estimate of drug-likeness (QED) is 0.724. The number of benzene rings is 1. The van der Waals surface area contributed by atoms with Gasteiger partial charge in [-0.05, 0) is 18.6 Å². The minimum Gasteiger partial charge on any atom is -0.495 e. The monoisotopic (exact) mass is 216 g/mol. The van der Waals surface area contributed by atoms with Gasteiger partial charge in [0.15, 0.2) is 0 Å². The van der Waals surface area contributed by atoms with Gasteiger partial charge in [0.05, 0.1) is 12.1 Å². The van der Waals surface area contributed by atoms with Crippen molar-refractivity contribution in [1.82, 2.24) is 0 Å². The number of ether oxygens (including phenoxy) is 1. The zero-order chi connectivity index (χ0) is 10.6. The Labute approximate surface area is 86.6 Å². The first-order valence-corrected chi connectivity index (χ1v) is 4.53. The van der Waals surface area contributed by atoms with Crippen molar-refractivity contribution < 1.29 is 13.9 Å². The molecule has 0 saturated carbocycles. The fourth-order valence-corrected chi connectivity index (χ4v) is 1.49. The first kappa shape index (κ1) is 11.0. The molecule has 0 atom stereocenters. The van der Waals surface area contributed by atoms with Crippen molar-refractivity contribution in [3.8, 4) is 5.75 Å².